The third-order valence-electron chi connectivity index (χ3n) is 9.11. The van der Waals surface area contributed by atoms with Crippen LogP contribution in [-0.2, 0) is 0 Å². The Bertz CT molecular complexity index is 517. The van der Waals surface area contributed by atoms with Crippen molar-refractivity contribution in [2.45, 2.75) is 152 Å². The van der Waals surface area contributed by atoms with Crippen molar-refractivity contribution in [3.05, 3.63) is 0 Å². The Morgan fingerprint density at radius 1 is 0.667 bits per heavy atom. The average molecular weight is 508 g/mol. The van der Waals surface area contributed by atoms with Crippen molar-refractivity contribution >= 4 is 0 Å². The SMILES string of the molecule is CCC.CCC1(C)CCN(CC2(CC(C)C)CC2)CC1.CCCC(CCC)N1CCN(C(C)C)CC1. The van der Waals surface area contributed by atoms with Crippen molar-refractivity contribution < 1.29 is 0 Å². The van der Waals surface area contributed by atoms with Crippen LogP contribution in [0.15, 0.2) is 0 Å². The first kappa shape index (κ1) is 33.9. The fraction of sp³-hybridized carbons (Fsp3) is 1.00. The molecule has 0 spiro atoms. The normalized spacial score (nSPS) is 22.2. The van der Waals surface area contributed by atoms with Crippen molar-refractivity contribution in [2.24, 2.45) is 16.7 Å². The minimum Gasteiger partial charge on any atom is -0.303 e. The summed E-state index contributed by atoms with van der Waals surface area (Å²) in [5.74, 6) is 0.878. The monoisotopic (exact) mass is 508 g/mol. The van der Waals surface area contributed by atoms with Crippen LogP contribution in [0.5, 0.6) is 0 Å². The number of hydrogen-bond acceptors (Lipinski definition) is 3. The van der Waals surface area contributed by atoms with Crippen molar-refractivity contribution in [1.29, 1.82) is 0 Å². The van der Waals surface area contributed by atoms with E-state index in [9.17, 15) is 0 Å². The zero-order chi connectivity index (χ0) is 27.2. The number of hydrogen-bond donors (Lipinski definition) is 0. The van der Waals surface area contributed by atoms with Crippen LogP contribution in [0.1, 0.15) is 140 Å². The summed E-state index contributed by atoms with van der Waals surface area (Å²) in [6.45, 7) is 32.3. The van der Waals surface area contributed by atoms with Gasteiger partial charge in [-0.1, -0.05) is 81.1 Å². The molecule has 0 aromatic rings. The molecule has 2 heterocycles. The molecule has 2 saturated heterocycles. The zero-order valence-electron chi connectivity index (χ0n) is 26.8. The van der Waals surface area contributed by atoms with Gasteiger partial charge < -0.3 is 4.90 Å². The van der Waals surface area contributed by atoms with E-state index in [0.29, 0.717) is 5.41 Å². The molecule has 0 atom stereocenters. The summed E-state index contributed by atoms with van der Waals surface area (Å²) in [6.07, 6.45) is 15.3. The van der Waals surface area contributed by atoms with Crippen LogP contribution in [0.4, 0.5) is 0 Å². The molecular formula is C33H69N3. The highest BCUT2D eigenvalue weighted by Gasteiger charge is 2.44. The highest BCUT2D eigenvalue weighted by Crippen LogP contribution is 2.51. The molecule has 3 heteroatoms. The standard InChI is InChI=1S/C16H31N.C14H30N2.C3H8/c1-5-15(4)8-10-17(11-9-15)13-16(6-7-16)12-14(2)3;1-5-7-14(8-6-2)16-11-9-15(10-12-16)13(3)4;1-3-2/h14H,5-13H2,1-4H3;13-14H,5-12H2,1-4H3;3H2,1-2H3. The predicted octanol–water partition coefficient (Wildman–Crippen LogP) is 8.72. The average Bonchev–Trinajstić information content (AvgIpc) is 3.59. The Morgan fingerprint density at radius 2 is 1.14 bits per heavy atom. The van der Waals surface area contributed by atoms with Crippen molar-refractivity contribution in [3.63, 3.8) is 0 Å². The first-order valence-corrected chi connectivity index (χ1v) is 16.3. The van der Waals surface area contributed by atoms with Crippen LogP contribution < -0.4 is 0 Å². The maximum Gasteiger partial charge on any atom is 0.0113 e. The molecule has 0 amide bonds. The molecule has 3 aliphatic rings. The molecule has 0 unspecified atom stereocenters. The van der Waals surface area contributed by atoms with Crippen molar-refractivity contribution in [2.75, 3.05) is 45.8 Å². The molecule has 1 saturated carbocycles. The van der Waals surface area contributed by atoms with Gasteiger partial charge in [-0.3, -0.25) is 9.80 Å². The van der Waals surface area contributed by atoms with Gasteiger partial charge in [0.2, 0.25) is 0 Å². The highest BCUT2D eigenvalue weighted by molar-refractivity contribution is 4.97. The second kappa shape index (κ2) is 17.5. The molecule has 3 rings (SSSR count). The summed E-state index contributed by atoms with van der Waals surface area (Å²) >= 11 is 0. The lowest BCUT2D eigenvalue weighted by Gasteiger charge is -2.41. The van der Waals surface area contributed by atoms with E-state index in [1.165, 1.54) is 116 Å². The largest absolute Gasteiger partial charge is 0.303 e. The molecule has 0 aromatic heterocycles. The van der Waals surface area contributed by atoms with Crippen LogP contribution in [0, 0.1) is 16.7 Å². The van der Waals surface area contributed by atoms with Gasteiger partial charge in [-0.05, 0) is 88.6 Å². The molecule has 0 bridgehead atoms. The summed E-state index contributed by atoms with van der Waals surface area (Å²) in [6, 6.07) is 1.57. The Hall–Kier alpha value is -0.120. The zero-order valence-corrected chi connectivity index (χ0v) is 26.8. The number of rotatable bonds is 11. The van der Waals surface area contributed by atoms with E-state index >= 15 is 0 Å². The van der Waals surface area contributed by atoms with E-state index in [4.69, 9.17) is 0 Å². The topological polar surface area (TPSA) is 9.72 Å². The maximum absolute atomic E-state index is 2.76. The van der Waals surface area contributed by atoms with Gasteiger partial charge in [0.25, 0.3) is 0 Å². The van der Waals surface area contributed by atoms with Gasteiger partial charge in [0.1, 0.15) is 0 Å². The molecule has 3 nitrogen and oxygen atoms in total. The fourth-order valence-electron chi connectivity index (χ4n) is 6.34. The summed E-state index contributed by atoms with van der Waals surface area (Å²) in [5.41, 5.74) is 1.37. The van der Waals surface area contributed by atoms with Gasteiger partial charge >= 0.3 is 0 Å². The molecule has 0 aromatic carbocycles. The van der Waals surface area contributed by atoms with Crippen LogP contribution in [0.2, 0.25) is 0 Å². The lowest BCUT2D eigenvalue weighted by molar-refractivity contribution is 0.0712. The lowest BCUT2D eigenvalue weighted by atomic mass is 9.78. The molecule has 2 aliphatic heterocycles. The lowest BCUT2D eigenvalue weighted by Crippen LogP contribution is -2.52. The summed E-state index contributed by atoms with van der Waals surface area (Å²) in [7, 11) is 0. The van der Waals surface area contributed by atoms with Crippen molar-refractivity contribution in [3.8, 4) is 0 Å². The summed E-state index contributed by atoms with van der Waals surface area (Å²) < 4.78 is 0. The minimum atomic E-state index is 0.644. The Labute approximate surface area is 229 Å². The third-order valence-corrected chi connectivity index (χ3v) is 9.11. The summed E-state index contributed by atoms with van der Waals surface area (Å²) in [5, 5.41) is 0. The predicted molar refractivity (Wildman–Crippen MR) is 163 cm³/mol. The van der Waals surface area contributed by atoms with Gasteiger partial charge in [-0.25, -0.2) is 0 Å². The molecule has 36 heavy (non-hydrogen) atoms. The van der Waals surface area contributed by atoms with Gasteiger partial charge in [-0.15, -0.1) is 0 Å². The second-order valence-corrected chi connectivity index (χ2v) is 13.6. The quantitative estimate of drug-likeness (QED) is 0.277. The first-order valence-electron chi connectivity index (χ1n) is 16.3. The second-order valence-electron chi connectivity index (χ2n) is 13.6. The number of piperazine rings is 1. The van der Waals surface area contributed by atoms with E-state index in [2.05, 4.69) is 83.9 Å². The maximum atomic E-state index is 2.76. The van der Waals surface area contributed by atoms with Gasteiger partial charge in [0, 0.05) is 44.8 Å². The van der Waals surface area contributed by atoms with Gasteiger partial charge in [0.05, 0.1) is 0 Å². The molecular weight excluding hydrogens is 438 g/mol. The Kier molecular flexibility index (Phi) is 16.4. The Morgan fingerprint density at radius 3 is 1.50 bits per heavy atom. The van der Waals surface area contributed by atoms with Crippen LogP contribution >= 0.6 is 0 Å². The first-order chi connectivity index (χ1) is 17.1. The van der Waals surface area contributed by atoms with Crippen LogP contribution in [0.25, 0.3) is 0 Å². The van der Waals surface area contributed by atoms with Crippen LogP contribution in [0.3, 0.4) is 0 Å². The Balaban J connectivity index is 0.000000325. The van der Waals surface area contributed by atoms with Crippen molar-refractivity contribution in [1.82, 2.24) is 14.7 Å². The molecule has 3 fully saturated rings. The number of nitrogens with zero attached hydrogens (tertiary/aromatic N) is 3. The van der Waals surface area contributed by atoms with E-state index in [1.807, 2.05) is 0 Å². The number of piperidine rings is 1. The molecule has 216 valence electrons. The smallest absolute Gasteiger partial charge is 0.0113 e. The van der Waals surface area contributed by atoms with E-state index in [1.54, 1.807) is 0 Å². The molecule has 0 N–H and O–H groups in total. The minimum absolute atomic E-state index is 0.644. The van der Waals surface area contributed by atoms with Gasteiger partial charge in [0.15, 0.2) is 0 Å². The molecule has 1 aliphatic carbocycles. The van der Waals surface area contributed by atoms with Gasteiger partial charge in [-0.2, -0.15) is 0 Å². The number of likely N-dealkylation sites (tertiary alicyclic amines) is 1. The van der Waals surface area contributed by atoms with Crippen LogP contribution in [-0.4, -0.2) is 72.6 Å². The van der Waals surface area contributed by atoms with E-state index < -0.39 is 0 Å². The fourth-order valence-corrected chi connectivity index (χ4v) is 6.34. The third kappa shape index (κ3) is 12.6. The highest BCUT2D eigenvalue weighted by atomic mass is 15.3. The molecule has 0 radical (unpaired) electrons. The van der Waals surface area contributed by atoms with E-state index in [-0.39, 0.29) is 0 Å². The summed E-state index contributed by atoms with van der Waals surface area (Å²) in [4.78, 5) is 8.09. The van der Waals surface area contributed by atoms with E-state index in [0.717, 1.165) is 23.4 Å².